The number of nitrogens with zero attached hydrogens (tertiary/aromatic N) is 1. The first-order valence-corrected chi connectivity index (χ1v) is 10.4. The zero-order chi connectivity index (χ0) is 18.7. The third kappa shape index (κ3) is 4.48. The molecule has 26 heavy (non-hydrogen) atoms. The maximum Gasteiger partial charge on any atom is 0.252 e. The molecule has 1 saturated carbocycles. The number of rotatable bonds is 7. The van der Waals surface area contributed by atoms with Gasteiger partial charge in [0.15, 0.2) is 0 Å². The molecule has 1 fully saturated rings. The zero-order valence-electron chi connectivity index (χ0n) is 14.1. The molecule has 0 atom stereocenters. The van der Waals surface area contributed by atoms with E-state index in [4.69, 9.17) is 0 Å². The number of amides is 2. The van der Waals surface area contributed by atoms with Crippen molar-refractivity contribution in [1.82, 2.24) is 9.62 Å². The van der Waals surface area contributed by atoms with Crippen LogP contribution in [0.5, 0.6) is 0 Å². The average molecular weight is 393 g/mol. The van der Waals surface area contributed by atoms with Crippen LogP contribution >= 0.6 is 11.3 Å². The standard InChI is InChI=1S/C17H19N3O4S2/c1-20(26(23,24)16-6-3-9-25-16)11-15(21)18-14-5-2-4-12(10-14)17(22)19-13-7-8-13/h2-6,9-10,13H,7-8,11H2,1H3,(H,18,21)(H,19,22). The van der Waals surface area contributed by atoms with Gasteiger partial charge in [0, 0.05) is 24.3 Å². The van der Waals surface area contributed by atoms with Crippen LogP contribution in [0.25, 0.3) is 0 Å². The van der Waals surface area contributed by atoms with Crippen LogP contribution < -0.4 is 10.6 Å². The monoisotopic (exact) mass is 393 g/mol. The van der Waals surface area contributed by atoms with Gasteiger partial charge < -0.3 is 10.6 Å². The van der Waals surface area contributed by atoms with Crippen molar-refractivity contribution in [1.29, 1.82) is 0 Å². The van der Waals surface area contributed by atoms with E-state index < -0.39 is 15.9 Å². The minimum Gasteiger partial charge on any atom is -0.349 e. The van der Waals surface area contributed by atoms with Crippen molar-refractivity contribution < 1.29 is 18.0 Å². The molecule has 3 rings (SSSR count). The molecule has 0 bridgehead atoms. The molecule has 7 nitrogen and oxygen atoms in total. The maximum absolute atomic E-state index is 12.3. The molecule has 2 N–H and O–H groups in total. The van der Waals surface area contributed by atoms with Gasteiger partial charge in [-0.2, -0.15) is 4.31 Å². The smallest absolute Gasteiger partial charge is 0.252 e. The Balaban J connectivity index is 1.62. The van der Waals surface area contributed by atoms with Crippen LogP contribution in [0.1, 0.15) is 23.2 Å². The summed E-state index contributed by atoms with van der Waals surface area (Å²) in [4.78, 5) is 24.3. The third-order valence-electron chi connectivity index (χ3n) is 3.85. The van der Waals surface area contributed by atoms with Crippen LogP contribution in [0.15, 0.2) is 46.0 Å². The number of thiophene rings is 1. The van der Waals surface area contributed by atoms with Gasteiger partial charge in [0.05, 0.1) is 6.54 Å². The Labute approximate surface area is 156 Å². The van der Waals surface area contributed by atoms with E-state index in [0.29, 0.717) is 11.3 Å². The minimum absolute atomic E-state index is 0.180. The number of sulfonamides is 1. The molecule has 0 unspecified atom stereocenters. The first kappa shape index (κ1) is 18.6. The van der Waals surface area contributed by atoms with Gasteiger partial charge in [-0.1, -0.05) is 12.1 Å². The Morgan fingerprint density at radius 3 is 2.65 bits per heavy atom. The summed E-state index contributed by atoms with van der Waals surface area (Å²) in [6.07, 6.45) is 1.99. The molecule has 2 amide bonds. The van der Waals surface area contributed by atoms with Crippen molar-refractivity contribution in [2.24, 2.45) is 0 Å². The van der Waals surface area contributed by atoms with Crippen molar-refractivity contribution in [2.45, 2.75) is 23.1 Å². The minimum atomic E-state index is -3.68. The van der Waals surface area contributed by atoms with Gasteiger partial charge in [-0.15, -0.1) is 11.3 Å². The summed E-state index contributed by atoms with van der Waals surface area (Å²) in [5, 5.41) is 7.18. The van der Waals surface area contributed by atoms with E-state index in [1.54, 1.807) is 35.7 Å². The second-order valence-electron chi connectivity index (χ2n) is 6.07. The lowest BCUT2D eigenvalue weighted by atomic mass is 10.2. The number of carbonyl (C=O) groups excluding carboxylic acids is 2. The van der Waals surface area contributed by atoms with Gasteiger partial charge in [0.25, 0.3) is 15.9 Å². The fourth-order valence-electron chi connectivity index (χ4n) is 2.29. The van der Waals surface area contributed by atoms with Crippen molar-refractivity contribution >= 4 is 38.9 Å². The highest BCUT2D eigenvalue weighted by Gasteiger charge is 2.25. The van der Waals surface area contributed by atoms with E-state index in [1.807, 2.05) is 0 Å². The summed E-state index contributed by atoms with van der Waals surface area (Å²) in [5.41, 5.74) is 0.898. The maximum atomic E-state index is 12.3. The Morgan fingerprint density at radius 1 is 1.23 bits per heavy atom. The molecule has 0 aliphatic heterocycles. The van der Waals surface area contributed by atoms with Gasteiger partial charge in [0.2, 0.25) is 5.91 Å². The topological polar surface area (TPSA) is 95.6 Å². The number of carbonyl (C=O) groups is 2. The SMILES string of the molecule is CN(CC(=O)Nc1cccc(C(=O)NC2CC2)c1)S(=O)(=O)c1cccs1. The van der Waals surface area contributed by atoms with Crippen molar-refractivity contribution in [3.8, 4) is 0 Å². The number of benzene rings is 1. The fourth-order valence-corrected chi connectivity index (χ4v) is 4.61. The fraction of sp³-hybridized carbons (Fsp3) is 0.294. The molecular weight excluding hydrogens is 374 g/mol. The third-order valence-corrected chi connectivity index (χ3v) is 7.02. The molecule has 9 heteroatoms. The predicted molar refractivity (Wildman–Crippen MR) is 99.7 cm³/mol. The van der Waals surface area contributed by atoms with Crippen molar-refractivity contribution in [3.63, 3.8) is 0 Å². The van der Waals surface area contributed by atoms with Crippen molar-refractivity contribution in [3.05, 3.63) is 47.3 Å². The summed E-state index contributed by atoms with van der Waals surface area (Å²) < 4.78 is 25.9. The largest absolute Gasteiger partial charge is 0.349 e. The molecule has 1 aliphatic rings. The Bertz CT molecular complexity index is 906. The lowest BCUT2D eigenvalue weighted by molar-refractivity contribution is -0.116. The van der Waals surface area contributed by atoms with Gasteiger partial charge in [-0.05, 0) is 42.5 Å². The van der Waals surface area contributed by atoms with Crippen LogP contribution in [-0.4, -0.2) is 44.2 Å². The van der Waals surface area contributed by atoms with E-state index in [-0.39, 0.29) is 22.7 Å². The van der Waals surface area contributed by atoms with Gasteiger partial charge in [0.1, 0.15) is 4.21 Å². The van der Waals surface area contributed by atoms with Gasteiger partial charge in [-0.3, -0.25) is 9.59 Å². The van der Waals surface area contributed by atoms with Crippen LogP contribution in [-0.2, 0) is 14.8 Å². The van der Waals surface area contributed by atoms with E-state index in [2.05, 4.69) is 10.6 Å². The second kappa shape index (κ2) is 7.56. The normalized spacial score (nSPS) is 14.2. The predicted octanol–water partition coefficient (Wildman–Crippen LogP) is 1.90. The first-order valence-electron chi connectivity index (χ1n) is 8.07. The van der Waals surface area contributed by atoms with Gasteiger partial charge >= 0.3 is 0 Å². The zero-order valence-corrected chi connectivity index (χ0v) is 15.8. The van der Waals surface area contributed by atoms with E-state index in [0.717, 1.165) is 28.5 Å². The van der Waals surface area contributed by atoms with E-state index in [1.165, 1.54) is 13.1 Å². The summed E-state index contributed by atoms with van der Waals surface area (Å²) in [6, 6.07) is 9.95. The highest BCUT2D eigenvalue weighted by Crippen LogP contribution is 2.21. The average Bonchev–Trinajstić information content (AvgIpc) is 3.23. The van der Waals surface area contributed by atoms with Crippen molar-refractivity contribution in [2.75, 3.05) is 18.9 Å². The summed E-state index contributed by atoms with van der Waals surface area (Å²) in [7, 11) is -2.33. The number of hydrogen-bond donors (Lipinski definition) is 2. The molecule has 1 aliphatic carbocycles. The molecule has 0 spiro atoms. The quantitative estimate of drug-likeness (QED) is 0.751. The first-order chi connectivity index (χ1) is 12.4. The number of likely N-dealkylation sites (N-methyl/N-ethyl adjacent to an activating group) is 1. The molecule has 138 valence electrons. The molecule has 1 heterocycles. The highest BCUT2D eigenvalue weighted by molar-refractivity contribution is 7.91. The number of nitrogens with one attached hydrogen (secondary N) is 2. The molecule has 0 saturated heterocycles. The van der Waals surface area contributed by atoms with Crippen LogP contribution in [0.3, 0.4) is 0 Å². The molecule has 1 aromatic carbocycles. The lowest BCUT2D eigenvalue weighted by Crippen LogP contribution is -2.34. The summed E-state index contributed by atoms with van der Waals surface area (Å²) in [6.45, 7) is -0.321. The van der Waals surface area contributed by atoms with Crippen LogP contribution in [0.4, 0.5) is 5.69 Å². The van der Waals surface area contributed by atoms with Gasteiger partial charge in [-0.25, -0.2) is 8.42 Å². The second-order valence-corrected chi connectivity index (χ2v) is 9.29. The molecule has 0 radical (unpaired) electrons. The summed E-state index contributed by atoms with van der Waals surface area (Å²) in [5.74, 6) is -0.659. The Morgan fingerprint density at radius 2 is 2.00 bits per heavy atom. The number of hydrogen-bond acceptors (Lipinski definition) is 5. The number of anilines is 1. The Hall–Kier alpha value is -2.23. The van der Waals surface area contributed by atoms with E-state index >= 15 is 0 Å². The van der Waals surface area contributed by atoms with Crippen LogP contribution in [0.2, 0.25) is 0 Å². The highest BCUT2D eigenvalue weighted by atomic mass is 32.2. The molecular formula is C17H19N3O4S2. The molecule has 2 aromatic rings. The van der Waals surface area contributed by atoms with Crippen LogP contribution in [0, 0.1) is 0 Å². The molecule has 1 aromatic heterocycles. The lowest BCUT2D eigenvalue weighted by Gasteiger charge is -2.16. The summed E-state index contributed by atoms with van der Waals surface area (Å²) >= 11 is 1.10. The Kier molecular flexibility index (Phi) is 5.40. The van der Waals surface area contributed by atoms with E-state index in [9.17, 15) is 18.0 Å².